The van der Waals surface area contributed by atoms with Crippen molar-refractivity contribution in [3.05, 3.63) is 23.3 Å². The van der Waals surface area contributed by atoms with Gasteiger partial charge in [0.25, 0.3) is 0 Å². The molecule has 4 N–H and O–H groups in total. The molecule has 0 aromatic heterocycles. The summed E-state index contributed by atoms with van der Waals surface area (Å²) in [4.78, 5) is 25.6. The van der Waals surface area contributed by atoms with Crippen LogP contribution in [0.4, 0.5) is 0 Å². The number of methoxy groups -OCH3 is 1. The maximum absolute atomic E-state index is 12.9. The van der Waals surface area contributed by atoms with E-state index in [2.05, 4.69) is 81.4 Å². The summed E-state index contributed by atoms with van der Waals surface area (Å²) in [5.41, 5.74) is 1.34. The number of aliphatic hydroxyl groups excluding tert-OH is 2. The molecule has 71 heavy (non-hydrogen) atoms. The Kier molecular flexibility index (Phi) is 13.3. The van der Waals surface area contributed by atoms with Gasteiger partial charge in [0.1, 0.15) is 0 Å². The van der Waals surface area contributed by atoms with Crippen molar-refractivity contribution in [2.24, 2.45) is 103 Å². The van der Waals surface area contributed by atoms with Gasteiger partial charge in [0, 0.05) is 26.1 Å². The predicted octanol–water partition coefficient (Wildman–Crippen LogP) is 11.9. The Labute approximate surface area is 427 Å². The molecule has 0 bridgehead atoms. The van der Waals surface area contributed by atoms with Crippen LogP contribution in [0, 0.1) is 103 Å². The van der Waals surface area contributed by atoms with Gasteiger partial charge in [-0.1, -0.05) is 92.5 Å². The molecule has 10 heteroatoms. The van der Waals surface area contributed by atoms with Crippen LogP contribution in [0.15, 0.2) is 23.3 Å². The molecule has 23 atom stereocenters. The summed E-state index contributed by atoms with van der Waals surface area (Å²) in [6.07, 6.45) is 19.9. The first-order chi connectivity index (χ1) is 33.3. The Hall–Kier alpha value is -1.82. The van der Waals surface area contributed by atoms with Gasteiger partial charge < -0.3 is 39.4 Å². The third-order valence-electron chi connectivity index (χ3n) is 24.7. The Morgan fingerprint density at radius 2 is 1.51 bits per heavy atom. The largest absolute Gasteiger partial charge is 0.481 e. The van der Waals surface area contributed by atoms with E-state index in [1.807, 2.05) is 0 Å². The van der Waals surface area contributed by atoms with Crippen LogP contribution < -0.4 is 0 Å². The Morgan fingerprint density at radius 3 is 2.17 bits per heavy atom. The Morgan fingerprint density at radius 1 is 0.775 bits per heavy atom. The summed E-state index contributed by atoms with van der Waals surface area (Å²) < 4.78 is 25.1. The summed E-state index contributed by atoms with van der Waals surface area (Å²) in [5, 5.41) is 43.3. The fraction of sp³-hybridized carbons (Fsp3) is 0.902. The van der Waals surface area contributed by atoms with Crippen LogP contribution in [0.3, 0.4) is 0 Å². The quantitative estimate of drug-likeness (QED) is 0.189. The molecule has 2 saturated heterocycles. The fourth-order valence-electron chi connectivity index (χ4n) is 21.5. The molecule has 0 aromatic rings. The molecule has 400 valence electrons. The highest BCUT2D eigenvalue weighted by Crippen LogP contribution is 2.74. The van der Waals surface area contributed by atoms with Gasteiger partial charge in [0.05, 0.1) is 48.0 Å². The van der Waals surface area contributed by atoms with Crippen molar-refractivity contribution in [2.75, 3.05) is 20.3 Å². The van der Waals surface area contributed by atoms with E-state index in [1.165, 1.54) is 44.8 Å². The molecule has 1 spiro atoms. The monoisotopic (exact) mass is 989 g/mol. The minimum absolute atomic E-state index is 0.0147. The number of hydrogen-bond donors (Lipinski definition) is 4. The second-order valence-electron chi connectivity index (χ2n) is 28.8. The van der Waals surface area contributed by atoms with Crippen LogP contribution in [0.5, 0.6) is 0 Å². The van der Waals surface area contributed by atoms with Crippen molar-refractivity contribution in [2.45, 2.75) is 222 Å². The molecule has 0 amide bonds. The molecular weight excluding hydrogens is 893 g/mol. The second-order valence-corrected chi connectivity index (χ2v) is 28.8. The van der Waals surface area contributed by atoms with Crippen LogP contribution in [0.2, 0.25) is 0 Å². The van der Waals surface area contributed by atoms with Crippen LogP contribution >= 0.6 is 0 Å². The van der Waals surface area contributed by atoms with Crippen LogP contribution in [-0.2, 0) is 28.5 Å². The molecule has 7 saturated carbocycles. The molecule has 9 fully saturated rings. The number of aliphatic hydroxyl groups is 2. The third-order valence-corrected chi connectivity index (χ3v) is 24.7. The molecule has 2 aliphatic heterocycles. The highest BCUT2D eigenvalue weighted by atomic mass is 16.7. The van der Waals surface area contributed by atoms with Crippen molar-refractivity contribution in [3.63, 3.8) is 0 Å². The Bertz CT molecular complexity index is 2120. The van der Waals surface area contributed by atoms with E-state index in [1.54, 1.807) is 12.5 Å². The van der Waals surface area contributed by atoms with Gasteiger partial charge in [-0.15, -0.1) is 0 Å². The second kappa shape index (κ2) is 17.9. The lowest BCUT2D eigenvalue weighted by atomic mass is 9.35. The van der Waals surface area contributed by atoms with Gasteiger partial charge in [0.2, 0.25) is 0 Å². The minimum Gasteiger partial charge on any atom is -0.481 e. The number of carboxylic acids is 2. The summed E-state index contributed by atoms with van der Waals surface area (Å²) in [6.45, 7) is 26.8. The van der Waals surface area contributed by atoms with Crippen LogP contribution in [0.25, 0.3) is 0 Å². The zero-order valence-electron chi connectivity index (χ0n) is 46.1. The SMILES string of the molecule is CCCOC1CC2=CCC3C(CCC4(C)C3CC3OC5(CCC(C)CO5)C(C)C34)C2(C)CC1O.COC1C(O)CC2(C)C3CC=C4C5CC(C)(C)CCC5(C(=O)O)CC(C)C4C3(C)CCC2C1(C)C(=O)O. The molecule has 23 unspecified atom stereocenters. The predicted molar refractivity (Wildman–Crippen MR) is 274 cm³/mol. The van der Waals surface area contributed by atoms with Crippen LogP contribution in [-0.4, -0.2) is 89.0 Å². The average molecular weight is 989 g/mol. The summed E-state index contributed by atoms with van der Waals surface area (Å²) in [5.74, 6) is 2.81. The summed E-state index contributed by atoms with van der Waals surface area (Å²) in [7, 11) is 1.52. The third kappa shape index (κ3) is 7.60. The number of allylic oxidation sites excluding steroid dienone is 3. The number of carboxylic acid groups (broad SMARTS) is 2. The van der Waals surface area contributed by atoms with Gasteiger partial charge in [-0.25, -0.2) is 0 Å². The van der Waals surface area contributed by atoms with E-state index < -0.39 is 35.0 Å². The zero-order valence-corrected chi connectivity index (χ0v) is 46.1. The fourth-order valence-corrected chi connectivity index (χ4v) is 21.5. The van der Waals surface area contributed by atoms with Gasteiger partial charge in [-0.3, -0.25) is 9.59 Å². The van der Waals surface area contributed by atoms with E-state index in [4.69, 9.17) is 18.9 Å². The van der Waals surface area contributed by atoms with Gasteiger partial charge in [-0.2, -0.15) is 0 Å². The van der Waals surface area contributed by atoms with Gasteiger partial charge >= 0.3 is 11.9 Å². The van der Waals surface area contributed by atoms with E-state index in [0.29, 0.717) is 47.5 Å². The van der Waals surface area contributed by atoms with Crippen molar-refractivity contribution < 1.29 is 49.0 Å². The van der Waals surface area contributed by atoms with E-state index in [0.717, 1.165) is 95.7 Å². The number of carbonyl (C=O) groups is 2. The molecular formula is C61H96O10. The molecule has 2 heterocycles. The lowest BCUT2D eigenvalue weighted by molar-refractivity contribution is -0.272. The van der Waals surface area contributed by atoms with Crippen molar-refractivity contribution >= 4 is 11.9 Å². The molecule has 0 aromatic carbocycles. The first-order valence-electron chi connectivity index (χ1n) is 29.0. The molecule has 11 aliphatic rings. The number of aliphatic carboxylic acids is 2. The van der Waals surface area contributed by atoms with Crippen LogP contribution in [0.1, 0.15) is 185 Å². The molecule has 0 radical (unpaired) electrons. The van der Waals surface area contributed by atoms with Gasteiger partial charge in [0.15, 0.2) is 5.79 Å². The lowest BCUT2D eigenvalue weighted by Gasteiger charge is -2.69. The number of hydrogen-bond acceptors (Lipinski definition) is 8. The minimum atomic E-state index is -1.16. The van der Waals surface area contributed by atoms with E-state index >= 15 is 0 Å². The maximum Gasteiger partial charge on any atom is 0.312 e. The molecule has 11 rings (SSSR count). The standard InChI is InChI=1S/C31H48O6.C30H48O4/c1-17-14-31(26(35)36)13-12-27(2,3)15-19(31)18-8-9-21-28(4,23(17)18)11-10-22-29(21,5)16-20(32)24(37-7)30(22,6)25(33)34;1-6-13-32-25-14-20-7-8-21-22(29(20,5)16-24(25)31)10-11-28(4)23(21)15-26-27(28)19(3)30(34-26)12-9-18(2)17-33-30/h8,17,19-24,32H,9-16H2,1-7H3,(H,33,34)(H,35,36);7,18-19,21-27,31H,6,8-17H2,1-5H3. The van der Waals surface area contributed by atoms with E-state index in [-0.39, 0.29) is 63.3 Å². The smallest absolute Gasteiger partial charge is 0.312 e. The highest BCUT2D eigenvalue weighted by Gasteiger charge is 2.72. The number of ether oxygens (including phenoxy) is 4. The van der Waals surface area contributed by atoms with E-state index in [9.17, 15) is 30.0 Å². The number of rotatable bonds is 6. The maximum atomic E-state index is 12.9. The summed E-state index contributed by atoms with van der Waals surface area (Å²) in [6, 6.07) is 0. The lowest BCUT2D eigenvalue weighted by Crippen LogP contribution is -2.68. The van der Waals surface area contributed by atoms with Crippen molar-refractivity contribution in [1.29, 1.82) is 0 Å². The topological polar surface area (TPSA) is 152 Å². The first kappa shape index (κ1) is 52.6. The first-order valence-corrected chi connectivity index (χ1v) is 29.0. The highest BCUT2D eigenvalue weighted by molar-refractivity contribution is 5.77. The zero-order chi connectivity index (χ0) is 51.2. The molecule has 10 nitrogen and oxygen atoms in total. The average Bonchev–Trinajstić information content (AvgIpc) is 3.75. The van der Waals surface area contributed by atoms with Crippen molar-refractivity contribution in [3.8, 4) is 0 Å². The number of fused-ring (bicyclic) bond motifs is 14. The van der Waals surface area contributed by atoms with Crippen molar-refractivity contribution in [1.82, 2.24) is 0 Å². The summed E-state index contributed by atoms with van der Waals surface area (Å²) >= 11 is 0. The molecule has 9 aliphatic carbocycles. The normalized spacial score (nSPS) is 54.4. The van der Waals surface area contributed by atoms with Gasteiger partial charge in [-0.05, 0) is 196 Å². The Balaban J connectivity index is 0.000000164.